The van der Waals surface area contributed by atoms with Gasteiger partial charge in [0, 0.05) is 0 Å². The first kappa shape index (κ1) is 24.7. The van der Waals surface area contributed by atoms with Crippen LogP contribution in [-0.2, 0) is 12.8 Å². The number of fused-ring (bicyclic) bond motifs is 1. The SMILES string of the molecule is CC.CC.CCc1cccc2c1CC[CH-]2.[Rb+].[Rb+]. The third kappa shape index (κ3) is 8.55. The molecular formula is C15H25Rb2+. The molecule has 1 aliphatic rings. The molecule has 0 N–H and O–H groups in total. The van der Waals surface area contributed by atoms with E-state index < -0.39 is 0 Å². The summed E-state index contributed by atoms with van der Waals surface area (Å²) in [5.41, 5.74) is 4.61. The Labute approximate surface area is 206 Å². The predicted octanol–water partition coefficient (Wildman–Crippen LogP) is -1.19. The van der Waals surface area contributed by atoms with E-state index in [4.69, 9.17) is 0 Å². The number of aryl methyl sites for hydroxylation is 1. The van der Waals surface area contributed by atoms with Crippen molar-refractivity contribution in [2.75, 3.05) is 0 Å². The molecule has 1 aromatic carbocycles. The van der Waals surface area contributed by atoms with Gasteiger partial charge in [-0.3, -0.25) is 0 Å². The van der Waals surface area contributed by atoms with Crippen molar-refractivity contribution >= 4 is 0 Å². The van der Waals surface area contributed by atoms with Crippen molar-refractivity contribution in [1.29, 1.82) is 0 Å². The fraction of sp³-hybridized carbons (Fsp3) is 0.533. The van der Waals surface area contributed by atoms with Crippen LogP contribution in [0, 0.1) is 6.42 Å². The summed E-state index contributed by atoms with van der Waals surface area (Å²) < 4.78 is 0. The zero-order valence-corrected chi connectivity index (χ0v) is 22.8. The van der Waals surface area contributed by atoms with Gasteiger partial charge in [-0.15, -0.1) is 17.2 Å². The Hall–Kier alpha value is 2.70. The van der Waals surface area contributed by atoms with Crippen LogP contribution in [0.2, 0.25) is 0 Å². The van der Waals surface area contributed by atoms with E-state index in [9.17, 15) is 0 Å². The van der Waals surface area contributed by atoms with Gasteiger partial charge in [0.1, 0.15) is 0 Å². The van der Waals surface area contributed by atoms with Gasteiger partial charge >= 0.3 is 116 Å². The van der Waals surface area contributed by atoms with Gasteiger partial charge in [-0.25, -0.2) is 0 Å². The Balaban J connectivity index is -0.000000299. The topological polar surface area (TPSA) is 0 Å². The van der Waals surface area contributed by atoms with Crippen LogP contribution in [0.5, 0.6) is 0 Å². The zero-order valence-electron chi connectivity index (χ0n) is 12.9. The van der Waals surface area contributed by atoms with Crippen molar-refractivity contribution in [2.45, 2.75) is 53.9 Å². The van der Waals surface area contributed by atoms with Gasteiger partial charge < -0.3 is 0 Å². The van der Waals surface area contributed by atoms with E-state index in [1.807, 2.05) is 27.7 Å². The normalized spacial score (nSPS) is 9.94. The summed E-state index contributed by atoms with van der Waals surface area (Å²) in [5, 5.41) is 0. The fourth-order valence-electron chi connectivity index (χ4n) is 1.85. The van der Waals surface area contributed by atoms with Crippen LogP contribution >= 0.6 is 0 Å². The van der Waals surface area contributed by atoms with Crippen molar-refractivity contribution in [3.05, 3.63) is 41.3 Å². The Morgan fingerprint density at radius 2 is 1.65 bits per heavy atom. The van der Waals surface area contributed by atoms with Gasteiger partial charge in [-0.2, -0.15) is 18.1 Å². The molecule has 0 amide bonds. The van der Waals surface area contributed by atoms with Gasteiger partial charge in [0.15, 0.2) is 0 Å². The predicted molar refractivity (Wildman–Crippen MR) is 70.2 cm³/mol. The molecule has 2 heteroatoms. The van der Waals surface area contributed by atoms with Crippen molar-refractivity contribution in [3.8, 4) is 0 Å². The van der Waals surface area contributed by atoms with Crippen molar-refractivity contribution < 1.29 is 116 Å². The smallest absolute Gasteiger partial charge is 0.189 e. The minimum atomic E-state index is 0. The van der Waals surface area contributed by atoms with Crippen molar-refractivity contribution in [3.63, 3.8) is 0 Å². The van der Waals surface area contributed by atoms with Gasteiger partial charge in [-0.05, 0) is 6.42 Å². The van der Waals surface area contributed by atoms with E-state index in [-0.39, 0.29) is 116 Å². The molecule has 2 rings (SSSR count). The Kier molecular flexibility index (Phi) is 24.3. The van der Waals surface area contributed by atoms with Crippen LogP contribution in [0.1, 0.15) is 57.7 Å². The van der Waals surface area contributed by atoms with Crippen LogP contribution in [-0.4, -0.2) is 0 Å². The third-order valence-corrected chi connectivity index (χ3v) is 2.45. The molecule has 0 saturated carbocycles. The standard InChI is InChI=1S/C11H13.2C2H6.2Rb/c1-2-9-5-3-6-10-7-4-8-11(9)10;2*1-2;;/h3,5-7H,2,4,8H2,1H3;2*1-2H3;;/q-1;;;2*+1. The molecule has 0 nitrogen and oxygen atoms in total. The molecule has 0 saturated heterocycles. The maximum Gasteiger partial charge on any atom is 1.00 e. The number of hydrogen-bond acceptors (Lipinski definition) is 0. The summed E-state index contributed by atoms with van der Waals surface area (Å²) in [6.45, 7) is 10.2. The first-order valence-electron chi connectivity index (χ1n) is 6.36. The summed E-state index contributed by atoms with van der Waals surface area (Å²) in [5.74, 6) is 0. The van der Waals surface area contributed by atoms with Crippen LogP contribution < -0.4 is 116 Å². The molecule has 0 heterocycles. The molecule has 0 aromatic heterocycles. The maximum absolute atomic E-state index is 2.34. The minimum Gasteiger partial charge on any atom is -0.189 e. The molecule has 17 heavy (non-hydrogen) atoms. The minimum absolute atomic E-state index is 0. The average molecular weight is 376 g/mol. The van der Waals surface area contributed by atoms with E-state index >= 15 is 0 Å². The Bertz CT molecular complexity index is 270. The number of benzene rings is 1. The van der Waals surface area contributed by atoms with Gasteiger partial charge in [-0.1, -0.05) is 53.5 Å². The van der Waals surface area contributed by atoms with Crippen LogP contribution in [0.3, 0.4) is 0 Å². The monoisotopic (exact) mass is 375 g/mol. The number of hydrogen-bond donors (Lipinski definition) is 0. The van der Waals surface area contributed by atoms with Crippen LogP contribution in [0.25, 0.3) is 0 Å². The van der Waals surface area contributed by atoms with Crippen LogP contribution in [0.4, 0.5) is 0 Å². The molecule has 0 spiro atoms. The first-order valence-corrected chi connectivity index (χ1v) is 6.36. The second kappa shape index (κ2) is 16.8. The van der Waals surface area contributed by atoms with E-state index in [0.29, 0.717) is 0 Å². The molecule has 0 aliphatic heterocycles. The average Bonchev–Trinajstić information content (AvgIpc) is 2.82. The summed E-state index contributed by atoms with van der Waals surface area (Å²) in [6, 6.07) is 6.64. The molecule has 1 aliphatic carbocycles. The second-order valence-corrected chi connectivity index (χ2v) is 3.08. The van der Waals surface area contributed by atoms with E-state index in [1.165, 1.54) is 30.4 Å². The molecule has 1 aromatic rings. The zero-order chi connectivity index (χ0) is 11.7. The van der Waals surface area contributed by atoms with E-state index in [1.54, 1.807) is 5.56 Å². The quantitative estimate of drug-likeness (QED) is 0.541. The molecule has 0 radical (unpaired) electrons. The molecule has 0 unspecified atom stereocenters. The van der Waals surface area contributed by atoms with Crippen LogP contribution in [0.15, 0.2) is 18.2 Å². The summed E-state index contributed by atoms with van der Waals surface area (Å²) in [7, 11) is 0. The summed E-state index contributed by atoms with van der Waals surface area (Å²) >= 11 is 0. The Morgan fingerprint density at radius 1 is 1.06 bits per heavy atom. The Morgan fingerprint density at radius 3 is 2.18 bits per heavy atom. The van der Waals surface area contributed by atoms with Gasteiger partial charge in [0.05, 0.1) is 0 Å². The van der Waals surface area contributed by atoms with Crippen molar-refractivity contribution in [1.82, 2.24) is 0 Å². The summed E-state index contributed by atoms with van der Waals surface area (Å²) in [4.78, 5) is 0. The van der Waals surface area contributed by atoms with E-state index in [0.717, 1.165) is 0 Å². The third-order valence-electron chi connectivity index (χ3n) is 2.45. The maximum atomic E-state index is 2.34. The van der Waals surface area contributed by atoms with Gasteiger partial charge in [0.2, 0.25) is 0 Å². The second-order valence-electron chi connectivity index (χ2n) is 3.08. The fourth-order valence-corrected chi connectivity index (χ4v) is 1.85. The summed E-state index contributed by atoms with van der Waals surface area (Å²) in [6.07, 6.45) is 6.02. The van der Waals surface area contributed by atoms with Gasteiger partial charge in [0.25, 0.3) is 0 Å². The molecule has 0 bridgehead atoms. The molecule has 86 valence electrons. The first-order chi connectivity index (χ1) is 7.42. The molecule has 0 atom stereocenters. The number of rotatable bonds is 1. The van der Waals surface area contributed by atoms with E-state index in [2.05, 4.69) is 31.5 Å². The molecule has 0 fully saturated rings. The van der Waals surface area contributed by atoms with Crippen molar-refractivity contribution in [2.24, 2.45) is 0 Å². The largest absolute Gasteiger partial charge is 1.00 e. The molecular weight excluding hydrogens is 351 g/mol.